The van der Waals surface area contributed by atoms with Crippen molar-refractivity contribution >= 4 is 0 Å². The van der Waals surface area contributed by atoms with E-state index in [9.17, 15) is 15.3 Å². The van der Waals surface area contributed by atoms with E-state index in [1.807, 2.05) is 6.92 Å². The predicted molar refractivity (Wildman–Crippen MR) is 116 cm³/mol. The Morgan fingerprint density at radius 2 is 1.93 bits per heavy atom. The van der Waals surface area contributed by atoms with E-state index in [0.717, 1.165) is 12.8 Å². The molecule has 5 heteroatoms. The van der Waals surface area contributed by atoms with Gasteiger partial charge in [0.1, 0.15) is 23.9 Å². The molecule has 3 N–H and O–H groups in total. The van der Waals surface area contributed by atoms with Crippen LogP contribution in [0.25, 0.3) is 0 Å². The van der Waals surface area contributed by atoms with Gasteiger partial charge in [-0.05, 0) is 68.1 Å². The van der Waals surface area contributed by atoms with Gasteiger partial charge in [-0.25, -0.2) is 0 Å². The van der Waals surface area contributed by atoms with E-state index in [1.54, 1.807) is 0 Å². The number of ether oxygens (including phenoxy) is 2. The molecule has 1 heterocycles. The van der Waals surface area contributed by atoms with Gasteiger partial charge in [0.2, 0.25) is 0 Å². The lowest BCUT2D eigenvalue weighted by molar-refractivity contribution is -0.291. The Bertz CT molecular complexity index is 682. The highest BCUT2D eigenvalue weighted by molar-refractivity contribution is 5.17. The summed E-state index contributed by atoms with van der Waals surface area (Å²) in [5.74, 6) is 3.80. The molecular formula is C25H40O5. The van der Waals surface area contributed by atoms with E-state index < -0.39 is 30.2 Å². The first-order valence-corrected chi connectivity index (χ1v) is 11.4. The molecular weight excluding hydrogens is 380 g/mol. The summed E-state index contributed by atoms with van der Waals surface area (Å²) in [4.78, 5) is 0. The standard InChI is InChI=1S/C25H40O5/c1-7-24(5,30-22-21(28)20(27)18(26)15-29-22)14-11-17-16(2)9-10-19-23(3,4)12-8-13-25(17,19)6/h1,17-22,26-28H,2,8-15H2,3-6H3/t17-,18-,19-,20+,21-,22+,24+,25+/m1/s1. The molecule has 0 spiro atoms. The van der Waals surface area contributed by atoms with Crippen LogP contribution in [0.15, 0.2) is 12.2 Å². The lowest BCUT2D eigenvalue weighted by Gasteiger charge is -2.58. The molecule has 0 aromatic rings. The topological polar surface area (TPSA) is 79.2 Å². The fraction of sp³-hybridized carbons (Fsp3) is 0.840. The molecule has 2 saturated carbocycles. The summed E-state index contributed by atoms with van der Waals surface area (Å²) in [7, 11) is 0. The number of terminal acetylenes is 1. The largest absolute Gasteiger partial charge is 0.388 e. The zero-order valence-electron chi connectivity index (χ0n) is 19.1. The molecule has 1 aliphatic heterocycles. The van der Waals surface area contributed by atoms with Gasteiger partial charge in [0.25, 0.3) is 0 Å². The lowest BCUT2D eigenvalue weighted by atomic mass is 9.47. The van der Waals surface area contributed by atoms with Crippen LogP contribution in [0.3, 0.4) is 0 Å². The molecule has 0 amide bonds. The van der Waals surface area contributed by atoms with Gasteiger partial charge in [0.05, 0.1) is 6.61 Å². The minimum Gasteiger partial charge on any atom is -0.388 e. The minimum absolute atomic E-state index is 0.0994. The number of allylic oxidation sites excluding steroid dienone is 1. The SMILES string of the molecule is C#C[C@@](C)(CC[C@@H]1C(=C)CC[C@@H]2C(C)(C)CCC[C@@]12C)O[C@@H]1OC[C@@H](O)[C@H](O)[C@H]1O. The Balaban J connectivity index is 1.71. The molecule has 0 unspecified atom stereocenters. The van der Waals surface area contributed by atoms with E-state index in [1.165, 1.54) is 31.3 Å². The van der Waals surface area contributed by atoms with Crippen LogP contribution in [0.4, 0.5) is 0 Å². The van der Waals surface area contributed by atoms with Crippen LogP contribution in [0, 0.1) is 35.0 Å². The average Bonchev–Trinajstić information content (AvgIpc) is 2.67. The van der Waals surface area contributed by atoms with Crippen molar-refractivity contribution in [1.82, 2.24) is 0 Å². The van der Waals surface area contributed by atoms with Crippen LogP contribution in [0.2, 0.25) is 0 Å². The number of fused-ring (bicyclic) bond motifs is 1. The summed E-state index contributed by atoms with van der Waals surface area (Å²) in [5.41, 5.74) is 0.933. The summed E-state index contributed by atoms with van der Waals surface area (Å²) in [5, 5.41) is 29.8. The van der Waals surface area contributed by atoms with Crippen LogP contribution < -0.4 is 0 Å². The van der Waals surface area contributed by atoms with Gasteiger partial charge < -0.3 is 24.8 Å². The predicted octanol–water partition coefficient (Wildman–Crippen LogP) is 3.41. The highest BCUT2D eigenvalue weighted by Gasteiger charge is 2.53. The first kappa shape index (κ1) is 23.8. The number of aliphatic hydroxyl groups is 3. The number of hydrogen-bond acceptors (Lipinski definition) is 5. The van der Waals surface area contributed by atoms with E-state index >= 15 is 0 Å². The Morgan fingerprint density at radius 3 is 2.60 bits per heavy atom. The smallest absolute Gasteiger partial charge is 0.188 e. The van der Waals surface area contributed by atoms with E-state index in [0.29, 0.717) is 23.7 Å². The van der Waals surface area contributed by atoms with Gasteiger partial charge in [0, 0.05) is 0 Å². The molecule has 0 aromatic heterocycles. The Labute approximate surface area is 181 Å². The van der Waals surface area contributed by atoms with Crippen LogP contribution in [-0.4, -0.2) is 52.1 Å². The quantitative estimate of drug-likeness (QED) is 0.469. The molecule has 2 aliphatic carbocycles. The van der Waals surface area contributed by atoms with Crippen molar-refractivity contribution in [2.45, 2.75) is 103 Å². The van der Waals surface area contributed by atoms with Crippen molar-refractivity contribution in [3.8, 4) is 12.3 Å². The van der Waals surface area contributed by atoms with Gasteiger partial charge in [-0.1, -0.05) is 45.3 Å². The normalized spacial score (nSPS) is 43.3. The molecule has 30 heavy (non-hydrogen) atoms. The highest BCUT2D eigenvalue weighted by Crippen LogP contribution is 2.61. The van der Waals surface area contributed by atoms with Crippen molar-refractivity contribution in [2.75, 3.05) is 6.61 Å². The first-order chi connectivity index (χ1) is 13.9. The third kappa shape index (κ3) is 4.36. The molecule has 3 rings (SSSR count). The molecule has 3 aliphatic rings. The molecule has 8 atom stereocenters. The maximum absolute atomic E-state index is 10.2. The molecule has 1 saturated heterocycles. The summed E-state index contributed by atoms with van der Waals surface area (Å²) >= 11 is 0. The average molecular weight is 421 g/mol. The lowest BCUT2D eigenvalue weighted by Crippen LogP contribution is -2.55. The highest BCUT2D eigenvalue weighted by atomic mass is 16.7. The third-order valence-corrected chi connectivity index (χ3v) is 8.36. The fourth-order valence-electron chi connectivity index (χ4n) is 6.53. The van der Waals surface area contributed by atoms with Gasteiger partial charge in [0.15, 0.2) is 6.29 Å². The van der Waals surface area contributed by atoms with E-state index in [2.05, 4.69) is 33.3 Å². The molecule has 170 valence electrons. The molecule has 0 aromatic carbocycles. The third-order valence-electron chi connectivity index (χ3n) is 8.36. The molecule has 0 bridgehead atoms. The van der Waals surface area contributed by atoms with Gasteiger partial charge in [-0.3, -0.25) is 0 Å². The first-order valence-electron chi connectivity index (χ1n) is 11.4. The van der Waals surface area contributed by atoms with Gasteiger partial charge in [-0.2, -0.15) is 0 Å². The van der Waals surface area contributed by atoms with Gasteiger partial charge >= 0.3 is 0 Å². The second-order valence-electron chi connectivity index (χ2n) is 10.9. The van der Waals surface area contributed by atoms with Crippen LogP contribution >= 0.6 is 0 Å². The summed E-state index contributed by atoms with van der Waals surface area (Å²) < 4.78 is 11.4. The zero-order chi connectivity index (χ0) is 22.3. The van der Waals surface area contributed by atoms with Gasteiger partial charge in [-0.15, -0.1) is 6.42 Å². The summed E-state index contributed by atoms with van der Waals surface area (Å²) in [6.07, 6.45) is 8.50. The number of rotatable bonds is 5. The molecule has 0 radical (unpaired) electrons. The minimum atomic E-state index is -1.34. The van der Waals surface area contributed by atoms with E-state index in [4.69, 9.17) is 15.9 Å². The second-order valence-corrected chi connectivity index (χ2v) is 10.9. The molecule has 3 fully saturated rings. The summed E-state index contributed by atoms with van der Waals surface area (Å²) in [6.45, 7) is 13.4. The second kappa shape index (κ2) is 8.56. The summed E-state index contributed by atoms with van der Waals surface area (Å²) in [6, 6.07) is 0. The Morgan fingerprint density at radius 1 is 1.23 bits per heavy atom. The van der Waals surface area contributed by atoms with Crippen LogP contribution in [-0.2, 0) is 9.47 Å². The molecule has 5 nitrogen and oxygen atoms in total. The van der Waals surface area contributed by atoms with Crippen molar-refractivity contribution in [3.63, 3.8) is 0 Å². The number of aliphatic hydroxyl groups excluding tert-OH is 3. The van der Waals surface area contributed by atoms with Crippen molar-refractivity contribution in [3.05, 3.63) is 12.2 Å². The maximum Gasteiger partial charge on any atom is 0.188 e. The van der Waals surface area contributed by atoms with Crippen molar-refractivity contribution in [1.29, 1.82) is 0 Å². The Kier molecular flexibility index (Phi) is 6.78. The van der Waals surface area contributed by atoms with Crippen LogP contribution in [0.5, 0.6) is 0 Å². The number of hydrogen-bond donors (Lipinski definition) is 3. The van der Waals surface area contributed by atoms with Crippen molar-refractivity contribution < 1.29 is 24.8 Å². The fourth-order valence-corrected chi connectivity index (χ4v) is 6.53. The van der Waals surface area contributed by atoms with Crippen molar-refractivity contribution in [2.24, 2.45) is 22.7 Å². The van der Waals surface area contributed by atoms with E-state index in [-0.39, 0.29) is 12.0 Å². The Hall–Kier alpha value is -0.900. The zero-order valence-corrected chi connectivity index (χ0v) is 19.1. The van der Waals surface area contributed by atoms with Crippen LogP contribution in [0.1, 0.15) is 72.6 Å². The maximum atomic E-state index is 10.2. The monoisotopic (exact) mass is 420 g/mol.